The number of benzene rings is 1. The number of hydrogen-bond acceptors (Lipinski definition) is 3. The van der Waals surface area contributed by atoms with Crippen LogP contribution in [-0.4, -0.2) is 19.1 Å². The van der Waals surface area contributed by atoms with Gasteiger partial charge in [-0.15, -0.1) is 0 Å². The molecule has 1 N–H and O–H groups in total. The predicted molar refractivity (Wildman–Crippen MR) is 84.5 cm³/mol. The molecule has 0 heterocycles. The van der Waals surface area contributed by atoms with E-state index in [4.69, 9.17) is 4.74 Å². The van der Waals surface area contributed by atoms with Crippen LogP contribution in [0, 0.1) is 34.6 Å². The molecular formula is C17H27NO2. The van der Waals surface area contributed by atoms with E-state index in [1.54, 1.807) is 0 Å². The Morgan fingerprint density at radius 2 is 1.45 bits per heavy atom. The van der Waals surface area contributed by atoms with Crippen LogP contribution < -0.4 is 5.32 Å². The summed E-state index contributed by atoms with van der Waals surface area (Å²) in [6.45, 7) is 13.8. The first-order valence-electron chi connectivity index (χ1n) is 7.36. The van der Waals surface area contributed by atoms with Crippen LogP contribution in [0.3, 0.4) is 0 Å². The number of nitrogens with one attached hydrogen (secondary N) is 1. The summed E-state index contributed by atoms with van der Waals surface area (Å²) in [5.41, 5.74) is 7.77. The maximum Gasteiger partial charge on any atom is 0.305 e. The average Bonchev–Trinajstić information content (AvgIpc) is 2.42. The largest absolute Gasteiger partial charge is 0.464 e. The summed E-state index contributed by atoms with van der Waals surface area (Å²) in [7, 11) is 0. The molecule has 0 saturated heterocycles. The second kappa shape index (κ2) is 7.32. The number of anilines is 1. The van der Waals surface area contributed by atoms with Crippen molar-refractivity contribution in [1.82, 2.24) is 0 Å². The van der Waals surface area contributed by atoms with Gasteiger partial charge in [-0.05, 0) is 68.9 Å². The molecule has 0 aliphatic rings. The Morgan fingerprint density at radius 3 is 1.95 bits per heavy atom. The Morgan fingerprint density at radius 1 is 0.950 bits per heavy atom. The molecule has 0 aliphatic heterocycles. The topological polar surface area (TPSA) is 38.3 Å². The van der Waals surface area contributed by atoms with Gasteiger partial charge in [0.05, 0.1) is 0 Å². The van der Waals surface area contributed by atoms with Gasteiger partial charge in [0, 0.05) is 18.7 Å². The zero-order valence-corrected chi connectivity index (χ0v) is 13.6. The number of carbonyl (C=O) groups is 1. The number of esters is 1. The maximum absolute atomic E-state index is 11.3. The quantitative estimate of drug-likeness (QED) is 0.631. The molecule has 0 amide bonds. The van der Waals surface area contributed by atoms with E-state index in [2.05, 4.69) is 39.9 Å². The predicted octanol–water partition coefficient (Wildman–Crippen LogP) is 3.98. The first-order valence-corrected chi connectivity index (χ1v) is 7.36. The molecule has 0 spiro atoms. The summed E-state index contributed by atoms with van der Waals surface area (Å²) >= 11 is 0. The van der Waals surface area contributed by atoms with Gasteiger partial charge < -0.3 is 10.1 Å². The molecule has 3 nitrogen and oxygen atoms in total. The van der Waals surface area contributed by atoms with Crippen LogP contribution >= 0.6 is 0 Å². The van der Waals surface area contributed by atoms with Crippen molar-refractivity contribution in [1.29, 1.82) is 0 Å². The van der Waals surface area contributed by atoms with Crippen LogP contribution in [0.1, 0.15) is 47.6 Å². The molecule has 1 aromatic rings. The SMILES string of the molecule is CCCC(=O)OCCNc1c(C)c(C)c(C)c(C)c1C. The molecule has 112 valence electrons. The highest BCUT2D eigenvalue weighted by Gasteiger charge is 2.11. The molecule has 0 saturated carbocycles. The lowest BCUT2D eigenvalue weighted by Crippen LogP contribution is -2.15. The molecular weight excluding hydrogens is 250 g/mol. The first-order chi connectivity index (χ1) is 9.40. The molecule has 0 radical (unpaired) electrons. The van der Waals surface area contributed by atoms with Gasteiger partial charge in [-0.3, -0.25) is 4.79 Å². The number of rotatable bonds is 6. The van der Waals surface area contributed by atoms with Crippen LogP contribution in [0.5, 0.6) is 0 Å². The number of ether oxygens (including phenoxy) is 1. The third-order valence-corrected chi connectivity index (χ3v) is 4.12. The Kier molecular flexibility index (Phi) is 6.05. The lowest BCUT2D eigenvalue weighted by Gasteiger charge is -2.19. The molecule has 1 rings (SSSR count). The van der Waals surface area contributed by atoms with Crippen LogP contribution in [0.25, 0.3) is 0 Å². The van der Waals surface area contributed by atoms with E-state index >= 15 is 0 Å². The summed E-state index contributed by atoms with van der Waals surface area (Å²) in [4.78, 5) is 11.3. The van der Waals surface area contributed by atoms with Crippen molar-refractivity contribution in [3.63, 3.8) is 0 Å². The van der Waals surface area contributed by atoms with Gasteiger partial charge in [-0.2, -0.15) is 0 Å². The van der Waals surface area contributed by atoms with E-state index in [0.717, 1.165) is 6.42 Å². The minimum Gasteiger partial charge on any atom is -0.464 e. The minimum absolute atomic E-state index is 0.112. The zero-order valence-electron chi connectivity index (χ0n) is 13.6. The van der Waals surface area contributed by atoms with Crippen molar-refractivity contribution in [2.75, 3.05) is 18.5 Å². The maximum atomic E-state index is 11.3. The lowest BCUT2D eigenvalue weighted by atomic mass is 9.93. The second-order valence-corrected chi connectivity index (χ2v) is 5.40. The van der Waals surface area contributed by atoms with Crippen LogP contribution in [0.2, 0.25) is 0 Å². The van der Waals surface area contributed by atoms with Crippen molar-refractivity contribution in [2.45, 2.75) is 54.4 Å². The van der Waals surface area contributed by atoms with Crippen molar-refractivity contribution in [3.05, 3.63) is 27.8 Å². The monoisotopic (exact) mass is 277 g/mol. The number of hydrogen-bond donors (Lipinski definition) is 1. The van der Waals surface area contributed by atoms with Crippen LogP contribution in [0.15, 0.2) is 0 Å². The van der Waals surface area contributed by atoms with E-state index in [1.165, 1.54) is 33.5 Å². The molecule has 0 fully saturated rings. The smallest absolute Gasteiger partial charge is 0.305 e. The Labute approximate surface area is 122 Å². The fourth-order valence-corrected chi connectivity index (χ4v) is 2.38. The van der Waals surface area contributed by atoms with Crippen molar-refractivity contribution < 1.29 is 9.53 Å². The van der Waals surface area contributed by atoms with Gasteiger partial charge in [0.25, 0.3) is 0 Å². The van der Waals surface area contributed by atoms with E-state index in [-0.39, 0.29) is 5.97 Å². The van der Waals surface area contributed by atoms with Gasteiger partial charge >= 0.3 is 5.97 Å². The first kappa shape index (κ1) is 16.5. The second-order valence-electron chi connectivity index (χ2n) is 5.40. The summed E-state index contributed by atoms with van der Waals surface area (Å²) < 4.78 is 5.17. The molecule has 0 aliphatic carbocycles. The van der Waals surface area contributed by atoms with Crippen LogP contribution in [0.4, 0.5) is 5.69 Å². The third kappa shape index (κ3) is 3.75. The molecule has 20 heavy (non-hydrogen) atoms. The highest BCUT2D eigenvalue weighted by Crippen LogP contribution is 2.29. The van der Waals surface area contributed by atoms with E-state index < -0.39 is 0 Å². The highest BCUT2D eigenvalue weighted by molar-refractivity contribution is 5.69. The van der Waals surface area contributed by atoms with Crippen molar-refractivity contribution >= 4 is 11.7 Å². The van der Waals surface area contributed by atoms with E-state index in [1.807, 2.05) is 6.92 Å². The highest BCUT2D eigenvalue weighted by atomic mass is 16.5. The zero-order chi connectivity index (χ0) is 15.3. The Hall–Kier alpha value is -1.51. The molecule has 1 aromatic carbocycles. The molecule has 0 bridgehead atoms. The van der Waals surface area contributed by atoms with Gasteiger partial charge in [-0.1, -0.05) is 6.92 Å². The number of carbonyl (C=O) groups excluding carboxylic acids is 1. The average molecular weight is 277 g/mol. The Bertz CT molecular complexity index is 463. The van der Waals surface area contributed by atoms with E-state index in [9.17, 15) is 4.79 Å². The normalized spacial score (nSPS) is 10.5. The molecule has 0 aromatic heterocycles. The summed E-state index contributed by atoms with van der Waals surface area (Å²) in [5, 5.41) is 3.41. The molecule has 0 unspecified atom stereocenters. The van der Waals surface area contributed by atoms with Crippen LogP contribution in [-0.2, 0) is 9.53 Å². The third-order valence-electron chi connectivity index (χ3n) is 4.12. The molecule has 0 atom stereocenters. The van der Waals surface area contributed by atoms with Crippen molar-refractivity contribution in [3.8, 4) is 0 Å². The van der Waals surface area contributed by atoms with E-state index in [0.29, 0.717) is 19.6 Å². The fraction of sp³-hybridized carbons (Fsp3) is 0.588. The standard InChI is InChI=1S/C17H27NO2/c1-7-8-16(19)20-10-9-18-17-14(5)12(3)11(2)13(4)15(17)6/h18H,7-10H2,1-6H3. The molecule has 3 heteroatoms. The fourth-order valence-electron chi connectivity index (χ4n) is 2.38. The Balaban J connectivity index is 2.67. The van der Waals surface area contributed by atoms with Gasteiger partial charge in [0.2, 0.25) is 0 Å². The lowest BCUT2D eigenvalue weighted by molar-refractivity contribution is -0.143. The summed E-state index contributed by atoms with van der Waals surface area (Å²) in [5.74, 6) is -0.112. The van der Waals surface area contributed by atoms with Gasteiger partial charge in [-0.25, -0.2) is 0 Å². The minimum atomic E-state index is -0.112. The van der Waals surface area contributed by atoms with Gasteiger partial charge in [0.15, 0.2) is 0 Å². The van der Waals surface area contributed by atoms with Crippen molar-refractivity contribution in [2.24, 2.45) is 0 Å². The summed E-state index contributed by atoms with van der Waals surface area (Å²) in [6.07, 6.45) is 1.33. The summed E-state index contributed by atoms with van der Waals surface area (Å²) in [6, 6.07) is 0. The van der Waals surface area contributed by atoms with Gasteiger partial charge in [0.1, 0.15) is 6.61 Å².